The second-order valence-corrected chi connectivity index (χ2v) is 7.73. The van der Waals surface area contributed by atoms with Crippen molar-refractivity contribution in [1.29, 1.82) is 0 Å². The third-order valence-corrected chi connectivity index (χ3v) is 6.02. The number of aryl methyl sites for hydroxylation is 1. The quantitative estimate of drug-likeness (QED) is 0.565. The fraction of sp³-hybridized carbons (Fsp3) is 0.565. The number of hydrogen-bond donors (Lipinski definition) is 2. The van der Waals surface area contributed by atoms with Crippen molar-refractivity contribution < 1.29 is 14.4 Å². The number of nitrogens with one attached hydrogen (secondary N) is 1. The van der Waals surface area contributed by atoms with Crippen LogP contribution in [0.4, 0.5) is 0 Å². The predicted molar refractivity (Wildman–Crippen MR) is 118 cm³/mol. The highest BCUT2D eigenvalue weighted by molar-refractivity contribution is 6.02. The summed E-state index contributed by atoms with van der Waals surface area (Å²) < 4.78 is 2.53. The molecule has 0 unspecified atom stereocenters. The number of fused-ring (bicyclic) bond motifs is 1. The summed E-state index contributed by atoms with van der Waals surface area (Å²) in [5, 5.41) is 14.1. The first-order chi connectivity index (χ1) is 13.9. The molecule has 1 heterocycles. The topological polar surface area (TPSA) is 71.3 Å². The number of nitrogens with zero attached hydrogens (tertiary/aromatic N) is 2. The molecule has 6 heteroatoms. The van der Waals surface area contributed by atoms with E-state index in [9.17, 15) is 14.7 Å². The van der Waals surface area contributed by atoms with Crippen molar-refractivity contribution in [2.75, 3.05) is 32.7 Å². The number of amides is 1. The average molecular weight is 403 g/mol. The monoisotopic (exact) mass is 402 g/mol. The number of carbonyl (C=O) groups is 1. The molecule has 1 aromatic heterocycles. The summed E-state index contributed by atoms with van der Waals surface area (Å²) in [4.78, 5) is 25.9. The largest absolute Gasteiger partial charge is 0.506 e. The summed E-state index contributed by atoms with van der Waals surface area (Å²) in [6.45, 7) is 13.4. The van der Waals surface area contributed by atoms with Gasteiger partial charge in [0.15, 0.2) is 0 Å². The Labute approximate surface area is 173 Å². The van der Waals surface area contributed by atoms with Crippen molar-refractivity contribution in [3.63, 3.8) is 0 Å². The number of pyridine rings is 1. The third kappa shape index (κ3) is 4.99. The molecule has 0 saturated heterocycles. The van der Waals surface area contributed by atoms with Crippen molar-refractivity contribution in [3.05, 3.63) is 40.2 Å². The molecule has 2 aromatic rings. The number of likely N-dealkylation sites (N-methyl/N-ethyl adjacent to an activating group) is 1. The molecule has 2 N–H and O–H groups in total. The number of quaternary nitrogens is 1. The van der Waals surface area contributed by atoms with E-state index in [0.717, 1.165) is 49.9 Å². The van der Waals surface area contributed by atoms with Crippen molar-refractivity contribution in [1.82, 2.24) is 9.88 Å². The summed E-state index contributed by atoms with van der Waals surface area (Å²) in [6, 6.07) is 7.17. The van der Waals surface area contributed by atoms with Gasteiger partial charge in [-0.2, -0.15) is 0 Å². The van der Waals surface area contributed by atoms with E-state index in [1.165, 1.54) is 0 Å². The molecule has 1 amide bonds. The third-order valence-electron chi connectivity index (χ3n) is 6.02. The Kier molecular flexibility index (Phi) is 8.26. The lowest BCUT2D eigenvalue weighted by atomic mass is 10.1. The van der Waals surface area contributed by atoms with Gasteiger partial charge in [0.2, 0.25) is 0 Å². The molecule has 0 bridgehead atoms. The van der Waals surface area contributed by atoms with Crippen LogP contribution in [0.2, 0.25) is 0 Å². The summed E-state index contributed by atoms with van der Waals surface area (Å²) in [6.07, 6.45) is 3.07. The van der Waals surface area contributed by atoms with Gasteiger partial charge in [-0.3, -0.25) is 9.59 Å². The van der Waals surface area contributed by atoms with E-state index in [1.54, 1.807) is 22.8 Å². The minimum atomic E-state index is -0.496. The summed E-state index contributed by atoms with van der Waals surface area (Å²) >= 11 is 0. The molecule has 0 fully saturated rings. The highest BCUT2D eigenvalue weighted by atomic mass is 16.3. The van der Waals surface area contributed by atoms with Gasteiger partial charge in [-0.15, -0.1) is 0 Å². The van der Waals surface area contributed by atoms with Gasteiger partial charge in [0.25, 0.3) is 11.5 Å². The zero-order valence-corrected chi connectivity index (χ0v) is 18.3. The van der Waals surface area contributed by atoms with Gasteiger partial charge in [-0.05, 0) is 38.8 Å². The van der Waals surface area contributed by atoms with Crippen LogP contribution in [0.15, 0.2) is 29.1 Å². The van der Waals surface area contributed by atoms with Crippen LogP contribution in [0.3, 0.4) is 0 Å². The number of rotatable bonds is 11. The number of aromatic hydroxyl groups is 1. The van der Waals surface area contributed by atoms with E-state index >= 15 is 0 Å². The fourth-order valence-electron chi connectivity index (χ4n) is 4.00. The number of hydrogen-bond acceptors (Lipinski definition) is 3. The SMILES string of the molecule is CCCC[N+](CC)(CC)CCNC(=O)c1c(O)c2ccccc2n(CCC)c1=O. The number of unbranched alkanes of at least 4 members (excludes halogenated alkanes) is 1. The molecule has 0 saturated carbocycles. The first-order valence-electron chi connectivity index (χ1n) is 10.9. The number of benzene rings is 1. The molecule has 0 aliphatic heterocycles. The minimum Gasteiger partial charge on any atom is -0.506 e. The van der Waals surface area contributed by atoms with Gasteiger partial charge in [-0.1, -0.05) is 32.4 Å². The van der Waals surface area contributed by atoms with Gasteiger partial charge in [0, 0.05) is 11.9 Å². The Hall–Kier alpha value is -2.34. The lowest BCUT2D eigenvalue weighted by molar-refractivity contribution is -0.924. The van der Waals surface area contributed by atoms with Crippen LogP contribution in [-0.2, 0) is 6.54 Å². The van der Waals surface area contributed by atoms with Crippen molar-refractivity contribution >= 4 is 16.8 Å². The van der Waals surface area contributed by atoms with E-state index in [1.807, 2.05) is 13.0 Å². The normalized spacial score (nSPS) is 11.7. The second kappa shape index (κ2) is 10.4. The van der Waals surface area contributed by atoms with E-state index in [-0.39, 0.29) is 11.3 Å². The maximum absolute atomic E-state index is 13.0. The molecule has 0 aliphatic rings. The van der Waals surface area contributed by atoms with Crippen molar-refractivity contribution in [3.8, 4) is 5.75 Å². The minimum absolute atomic E-state index is 0.156. The van der Waals surface area contributed by atoms with E-state index < -0.39 is 11.5 Å². The number of carbonyl (C=O) groups excluding carboxylic acids is 1. The number of para-hydroxylation sites is 1. The molecular formula is C23H36N3O3+. The molecule has 0 radical (unpaired) electrons. The van der Waals surface area contributed by atoms with Gasteiger partial charge in [0.1, 0.15) is 11.3 Å². The van der Waals surface area contributed by atoms with Gasteiger partial charge < -0.3 is 19.5 Å². The van der Waals surface area contributed by atoms with Crippen LogP contribution in [0.1, 0.15) is 57.3 Å². The average Bonchev–Trinajstić information content (AvgIpc) is 2.74. The molecule has 160 valence electrons. The number of aromatic nitrogens is 1. The van der Waals surface area contributed by atoms with Gasteiger partial charge in [-0.25, -0.2) is 0 Å². The maximum Gasteiger partial charge on any atom is 0.267 e. The maximum atomic E-state index is 13.0. The lowest BCUT2D eigenvalue weighted by Crippen LogP contribution is -2.52. The van der Waals surface area contributed by atoms with Crippen LogP contribution in [0.5, 0.6) is 5.75 Å². The van der Waals surface area contributed by atoms with E-state index in [4.69, 9.17) is 0 Å². The molecule has 0 spiro atoms. The molecule has 0 aliphatic carbocycles. The van der Waals surface area contributed by atoms with E-state index in [2.05, 4.69) is 26.1 Å². The van der Waals surface area contributed by atoms with Crippen LogP contribution >= 0.6 is 0 Å². The smallest absolute Gasteiger partial charge is 0.267 e. The Morgan fingerprint density at radius 1 is 1.07 bits per heavy atom. The molecule has 2 rings (SSSR count). The standard InChI is InChI=1S/C23H35N3O3/c1-5-9-16-26(7-3,8-4)17-14-24-22(28)20-21(27)18-12-10-11-13-19(18)25(15-6-2)23(20)29/h10-13H,5-9,14-17H2,1-4H3,(H-,24,27,28,29)/p+1. The van der Waals surface area contributed by atoms with Crippen molar-refractivity contribution in [2.24, 2.45) is 0 Å². The Morgan fingerprint density at radius 2 is 1.76 bits per heavy atom. The highest BCUT2D eigenvalue weighted by Crippen LogP contribution is 2.26. The molecule has 6 nitrogen and oxygen atoms in total. The summed E-state index contributed by atoms with van der Waals surface area (Å²) in [5.74, 6) is -0.725. The van der Waals surface area contributed by atoms with E-state index in [0.29, 0.717) is 24.0 Å². The van der Waals surface area contributed by atoms with Gasteiger partial charge in [0.05, 0.1) is 38.2 Å². The molecule has 1 aromatic carbocycles. The highest BCUT2D eigenvalue weighted by Gasteiger charge is 2.25. The van der Waals surface area contributed by atoms with Crippen molar-refractivity contribution in [2.45, 2.75) is 53.5 Å². The second-order valence-electron chi connectivity index (χ2n) is 7.73. The summed E-state index contributed by atoms with van der Waals surface area (Å²) in [5.41, 5.74) is 0.0655. The van der Waals surface area contributed by atoms with Crippen LogP contribution < -0.4 is 10.9 Å². The zero-order valence-electron chi connectivity index (χ0n) is 18.3. The molecular weight excluding hydrogens is 366 g/mol. The van der Waals surface area contributed by atoms with Crippen LogP contribution in [-0.4, -0.2) is 52.8 Å². The zero-order chi connectivity index (χ0) is 21.4. The van der Waals surface area contributed by atoms with Crippen LogP contribution in [0.25, 0.3) is 10.9 Å². The first-order valence-corrected chi connectivity index (χ1v) is 10.9. The summed E-state index contributed by atoms with van der Waals surface area (Å²) in [7, 11) is 0. The Balaban J connectivity index is 2.28. The van der Waals surface area contributed by atoms with Gasteiger partial charge >= 0.3 is 0 Å². The fourth-order valence-corrected chi connectivity index (χ4v) is 4.00. The first kappa shape index (κ1) is 22.9. The molecule has 0 atom stereocenters. The lowest BCUT2D eigenvalue weighted by Gasteiger charge is -2.37. The van der Waals surface area contributed by atoms with Crippen LogP contribution in [0, 0.1) is 0 Å². The molecule has 29 heavy (non-hydrogen) atoms. The Bertz CT molecular complexity index is 885. The Morgan fingerprint density at radius 3 is 2.38 bits per heavy atom. The predicted octanol–water partition coefficient (Wildman–Crippen LogP) is 3.50.